The third-order valence-electron chi connectivity index (χ3n) is 2.07. The summed E-state index contributed by atoms with van der Waals surface area (Å²) in [5.41, 5.74) is 1.38. The second kappa shape index (κ2) is 5.52. The van der Waals surface area contributed by atoms with Crippen molar-refractivity contribution >= 4 is 15.9 Å². The minimum Gasteiger partial charge on any atom is -0.312 e. The number of rotatable bonds is 4. The lowest BCUT2D eigenvalue weighted by molar-refractivity contribution is 0.488. The Balaban J connectivity index is 2.47. The van der Waals surface area contributed by atoms with Crippen molar-refractivity contribution in [2.24, 2.45) is 0 Å². The predicted octanol–water partition coefficient (Wildman–Crippen LogP) is 3.38. The largest absolute Gasteiger partial charge is 0.312 e. The quantitative estimate of drug-likeness (QED) is 0.870. The van der Waals surface area contributed by atoms with Gasteiger partial charge >= 0.3 is 0 Å². The fraction of sp³-hybridized carbons (Fsp3) is 0.500. The van der Waals surface area contributed by atoms with E-state index in [4.69, 9.17) is 0 Å². The Labute approximate surface area is 95.0 Å². The van der Waals surface area contributed by atoms with Crippen LogP contribution < -0.4 is 5.32 Å². The number of hydrogen-bond donors (Lipinski definition) is 1. The van der Waals surface area contributed by atoms with Crippen molar-refractivity contribution in [3.05, 3.63) is 34.3 Å². The molecular weight excluding hydrogens is 238 g/mol. The van der Waals surface area contributed by atoms with Crippen LogP contribution in [0.25, 0.3) is 0 Å². The molecule has 1 aromatic carbocycles. The Kier molecular flexibility index (Phi) is 4.63. The summed E-state index contributed by atoms with van der Waals surface area (Å²) in [6.07, 6.45) is 1.09. The summed E-state index contributed by atoms with van der Waals surface area (Å²) in [5, 5.41) is 3.49. The molecule has 14 heavy (non-hydrogen) atoms. The molecule has 0 unspecified atom stereocenters. The maximum absolute atomic E-state index is 3.49. The number of nitrogens with one attached hydrogen (secondary N) is 1. The van der Waals surface area contributed by atoms with E-state index in [0.29, 0.717) is 12.1 Å². The first kappa shape index (κ1) is 11.7. The normalized spacial score (nSPS) is 13.2. The van der Waals surface area contributed by atoms with Crippen molar-refractivity contribution in [3.8, 4) is 0 Å². The topological polar surface area (TPSA) is 12.0 Å². The van der Waals surface area contributed by atoms with Gasteiger partial charge in [0, 0.05) is 16.6 Å². The first-order valence-electron chi connectivity index (χ1n) is 5.08. The van der Waals surface area contributed by atoms with Crippen LogP contribution >= 0.6 is 15.9 Å². The van der Waals surface area contributed by atoms with E-state index in [1.165, 1.54) is 5.56 Å². The molecule has 1 N–H and O–H groups in total. The Morgan fingerprint density at radius 1 is 1.14 bits per heavy atom. The van der Waals surface area contributed by atoms with Crippen LogP contribution in [0.5, 0.6) is 0 Å². The highest BCUT2D eigenvalue weighted by molar-refractivity contribution is 9.10. The molecule has 0 fully saturated rings. The van der Waals surface area contributed by atoms with Gasteiger partial charge < -0.3 is 5.32 Å². The molecule has 0 radical (unpaired) electrons. The lowest BCUT2D eigenvalue weighted by atomic mass is 10.1. The van der Waals surface area contributed by atoms with Crippen LogP contribution in [-0.4, -0.2) is 12.1 Å². The third-order valence-corrected chi connectivity index (χ3v) is 2.60. The van der Waals surface area contributed by atoms with Crippen molar-refractivity contribution in [2.45, 2.75) is 39.3 Å². The molecule has 0 aliphatic heterocycles. The molecular formula is C12H18BrN. The van der Waals surface area contributed by atoms with E-state index in [1.54, 1.807) is 0 Å². The smallest absolute Gasteiger partial charge is 0.0175 e. The standard InChI is InChI=1S/C12H18BrN/c1-9(2)14-10(3)8-11-4-6-12(13)7-5-11/h4-7,9-10,14H,8H2,1-3H3/t10-/m1/s1. The SMILES string of the molecule is CC(C)N[C@H](C)Cc1ccc(Br)cc1. The summed E-state index contributed by atoms with van der Waals surface area (Å²) in [5.74, 6) is 0. The molecule has 78 valence electrons. The highest BCUT2D eigenvalue weighted by Gasteiger charge is 2.04. The fourth-order valence-electron chi connectivity index (χ4n) is 1.60. The monoisotopic (exact) mass is 255 g/mol. The van der Waals surface area contributed by atoms with E-state index in [-0.39, 0.29) is 0 Å². The Bertz CT molecular complexity index is 266. The molecule has 0 spiro atoms. The van der Waals surface area contributed by atoms with Gasteiger partial charge in [0.05, 0.1) is 0 Å². The van der Waals surface area contributed by atoms with Crippen molar-refractivity contribution in [3.63, 3.8) is 0 Å². The first-order valence-corrected chi connectivity index (χ1v) is 5.87. The van der Waals surface area contributed by atoms with Crippen LogP contribution in [0.1, 0.15) is 26.3 Å². The van der Waals surface area contributed by atoms with E-state index >= 15 is 0 Å². The summed E-state index contributed by atoms with van der Waals surface area (Å²) >= 11 is 3.44. The summed E-state index contributed by atoms with van der Waals surface area (Å²) in [6, 6.07) is 9.62. The average Bonchev–Trinajstić information content (AvgIpc) is 2.07. The van der Waals surface area contributed by atoms with Gasteiger partial charge in [0.1, 0.15) is 0 Å². The summed E-state index contributed by atoms with van der Waals surface area (Å²) < 4.78 is 1.14. The molecule has 1 rings (SSSR count). The van der Waals surface area contributed by atoms with Crippen LogP contribution in [0.2, 0.25) is 0 Å². The van der Waals surface area contributed by atoms with Gasteiger partial charge in [-0.25, -0.2) is 0 Å². The zero-order chi connectivity index (χ0) is 10.6. The highest BCUT2D eigenvalue weighted by Crippen LogP contribution is 2.11. The molecule has 1 aromatic rings. The molecule has 0 aliphatic rings. The molecule has 0 bridgehead atoms. The second-order valence-electron chi connectivity index (χ2n) is 4.05. The molecule has 1 nitrogen and oxygen atoms in total. The summed E-state index contributed by atoms with van der Waals surface area (Å²) in [7, 11) is 0. The maximum Gasteiger partial charge on any atom is 0.0175 e. The van der Waals surface area contributed by atoms with Gasteiger partial charge in [0.25, 0.3) is 0 Å². The van der Waals surface area contributed by atoms with Crippen molar-refractivity contribution in [1.29, 1.82) is 0 Å². The van der Waals surface area contributed by atoms with Gasteiger partial charge in [-0.2, -0.15) is 0 Å². The lowest BCUT2D eigenvalue weighted by Gasteiger charge is -2.16. The average molecular weight is 256 g/mol. The minimum atomic E-state index is 0.538. The van der Waals surface area contributed by atoms with Crippen LogP contribution in [0.15, 0.2) is 28.7 Å². The van der Waals surface area contributed by atoms with Crippen molar-refractivity contribution in [2.75, 3.05) is 0 Å². The lowest BCUT2D eigenvalue weighted by Crippen LogP contribution is -2.33. The Morgan fingerprint density at radius 2 is 1.71 bits per heavy atom. The first-order chi connectivity index (χ1) is 6.58. The minimum absolute atomic E-state index is 0.538. The Hall–Kier alpha value is -0.340. The predicted molar refractivity (Wildman–Crippen MR) is 65.6 cm³/mol. The zero-order valence-electron chi connectivity index (χ0n) is 9.05. The zero-order valence-corrected chi connectivity index (χ0v) is 10.6. The molecule has 0 amide bonds. The summed E-state index contributed by atoms with van der Waals surface area (Å²) in [4.78, 5) is 0. The van der Waals surface area contributed by atoms with Gasteiger partial charge in [-0.1, -0.05) is 41.9 Å². The molecule has 0 saturated carbocycles. The van der Waals surface area contributed by atoms with E-state index in [2.05, 4.69) is 66.3 Å². The van der Waals surface area contributed by atoms with E-state index < -0.39 is 0 Å². The van der Waals surface area contributed by atoms with Crippen molar-refractivity contribution < 1.29 is 0 Å². The van der Waals surface area contributed by atoms with Crippen LogP contribution in [-0.2, 0) is 6.42 Å². The molecule has 1 atom stereocenters. The maximum atomic E-state index is 3.49. The van der Waals surface area contributed by atoms with Gasteiger partial charge in [0.2, 0.25) is 0 Å². The van der Waals surface area contributed by atoms with E-state index in [0.717, 1.165) is 10.9 Å². The van der Waals surface area contributed by atoms with Gasteiger partial charge in [-0.15, -0.1) is 0 Å². The van der Waals surface area contributed by atoms with Crippen LogP contribution in [0, 0.1) is 0 Å². The fourth-order valence-corrected chi connectivity index (χ4v) is 1.87. The summed E-state index contributed by atoms with van der Waals surface area (Å²) in [6.45, 7) is 6.58. The van der Waals surface area contributed by atoms with Gasteiger partial charge in [-0.05, 0) is 31.0 Å². The van der Waals surface area contributed by atoms with Crippen molar-refractivity contribution in [1.82, 2.24) is 5.32 Å². The van der Waals surface area contributed by atoms with Crippen LogP contribution in [0.3, 0.4) is 0 Å². The number of benzene rings is 1. The Morgan fingerprint density at radius 3 is 2.21 bits per heavy atom. The third kappa shape index (κ3) is 4.25. The van der Waals surface area contributed by atoms with Gasteiger partial charge in [0.15, 0.2) is 0 Å². The highest BCUT2D eigenvalue weighted by atomic mass is 79.9. The molecule has 0 saturated heterocycles. The van der Waals surface area contributed by atoms with Gasteiger partial charge in [-0.3, -0.25) is 0 Å². The van der Waals surface area contributed by atoms with E-state index in [1.807, 2.05) is 0 Å². The second-order valence-corrected chi connectivity index (χ2v) is 4.97. The molecule has 2 heteroatoms. The number of hydrogen-bond acceptors (Lipinski definition) is 1. The molecule has 0 aromatic heterocycles. The van der Waals surface area contributed by atoms with E-state index in [9.17, 15) is 0 Å². The van der Waals surface area contributed by atoms with Crippen LogP contribution in [0.4, 0.5) is 0 Å². The number of halogens is 1. The molecule has 0 heterocycles. The molecule has 0 aliphatic carbocycles.